The third kappa shape index (κ3) is 5.08. The Balaban J connectivity index is 2.03. The highest BCUT2D eigenvalue weighted by Gasteiger charge is 2.33. The maximum atomic E-state index is 13.4. The highest BCUT2D eigenvalue weighted by molar-refractivity contribution is 7.92. The maximum absolute atomic E-state index is 13.4. The lowest BCUT2D eigenvalue weighted by atomic mass is 10.2. The van der Waals surface area contributed by atoms with Gasteiger partial charge >= 0.3 is 6.18 Å². The van der Waals surface area contributed by atoms with Gasteiger partial charge in [0, 0.05) is 13.1 Å². The van der Waals surface area contributed by atoms with Crippen LogP contribution in [0.15, 0.2) is 60.0 Å². The van der Waals surface area contributed by atoms with Crippen LogP contribution < -0.4 is 4.31 Å². The van der Waals surface area contributed by atoms with Crippen molar-refractivity contribution in [2.75, 3.05) is 37.2 Å². The molecule has 32 heavy (non-hydrogen) atoms. The van der Waals surface area contributed by atoms with E-state index in [9.17, 15) is 26.4 Å². The summed E-state index contributed by atoms with van der Waals surface area (Å²) in [5.41, 5.74) is -1.19. The number of benzene rings is 2. The van der Waals surface area contributed by atoms with Gasteiger partial charge in [-0.25, -0.2) is 8.42 Å². The molecule has 6 nitrogen and oxygen atoms in total. The largest absolute Gasteiger partial charge is 0.416 e. The lowest BCUT2D eigenvalue weighted by molar-refractivity contribution is -0.137. The van der Waals surface area contributed by atoms with Crippen molar-refractivity contribution < 1.29 is 31.1 Å². The van der Waals surface area contributed by atoms with E-state index in [0.717, 1.165) is 28.6 Å². The van der Waals surface area contributed by atoms with Gasteiger partial charge in [0.15, 0.2) is 0 Å². The molecule has 11 heteroatoms. The van der Waals surface area contributed by atoms with Gasteiger partial charge in [-0.1, -0.05) is 23.7 Å². The Morgan fingerprint density at radius 2 is 1.88 bits per heavy atom. The quantitative estimate of drug-likeness (QED) is 0.571. The number of morpholine rings is 1. The van der Waals surface area contributed by atoms with Crippen LogP contribution in [-0.2, 0) is 20.9 Å². The molecule has 1 aliphatic rings. The molecule has 1 aliphatic heterocycles. The Hall–Kier alpha value is -2.56. The molecule has 172 valence electrons. The highest BCUT2D eigenvalue weighted by Crippen LogP contribution is 2.34. The van der Waals surface area contributed by atoms with Crippen molar-refractivity contribution in [3.05, 3.63) is 71.3 Å². The fourth-order valence-corrected chi connectivity index (χ4v) is 4.84. The molecule has 0 aromatic heterocycles. The molecule has 1 amide bonds. The van der Waals surface area contributed by atoms with Crippen LogP contribution in [0, 0.1) is 0 Å². The number of ether oxygens (including phenoxy) is 1. The molecule has 0 radical (unpaired) electrons. The van der Waals surface area contributed by atoms with E-state index in [2.05, 4.69) is 6.58 Å². The van der Waals surface area contributed by atoms with E-state index in [4.69, 9.17) is 16.3 Å². The van der Waals surface area contributed by atoms with Crippen molar-refractivity contribution in [2.45, 2.75) is 11.1 Å². The summed E-state index contributed by atoms with van der Waals surface area (Å²) in [5.74, 6) is -0.454. The zero-order valence-corrected chi connectivity index (χ0v) is 18.4. The van der Waals surface area contributed by atoms with Crippen LogP contribution in [0.3, 0.4) is 0 Å². The molecule has 1 heterocycles. The number of carbonyl (C=O) groups excluding carboxylic acids is 1. The van der Waals surface area contributed by atoms with Gasteiger partial charge in [-0.15, -0.1) is 6.58 Å². The number of rotatable bonds is 6. The van der Waals surface area contributed by atoms with Crippen LogP contribution in [0.4, 0.5) is 18.9 Å². The molecule has 0 spiro atoms. The predicted molar refractivity (Wildman–Crippen MR) is 114 cm³/mol. The molecule has 0 unspecified atom stereocenters. The molecule has 2 aromatic rings. The summed E-state index contributed by atoms with van der Waals surface area (Å²) in [5, 5.41) is 0.0646. The molecule has 0 bridgehead atoms. The summed E-state index contributed by atoms with van der Waals surface area (Å²) >= 11 is 6.16. The number of anilines is 1. The SMILES string of the molecule is C=CCN(c1cccc(C(F)(F)F)c1)S(=O)(=O)c1ccc(Cl)c(C(=O)N2CCOCC2)c1. The van der Waals surface area contributed by atoms with Crippen molar-refractivity contribution in [2.24, 2.45) is 0 Å². The number of halogens is 4. The van der Waals surface area contributed by atoms with Crippen LogP contribution in [0.5, 0.6) is 0 Å². The Labute approximate surface area is 188 Å². The Morgan fingerprint density at radius 1 is 1.19 bits per heavy atom. The smallest absolute Gasteiger partial charge is 0.378 e. The first kappa shape index (κ1) is 24.1. The van der Waals surface area contributed by atoms with Crippen LogP contribution in [0.25, 0.3) is 0 Å². The molecule has 2 aromatic carbocycles. The average molecular weight is 489 g/mol. The van der Waals surface area contributed by atoms with Gasteiger partial charge in [0.05, 0.1) is 46.5 Å². The van der Waals surface area contributed by atoms with Crippen molar-refractivity contribution >= 4 is 33.2 Å². The summed E-state index contributed by atoms with van der Waals surface area (Å²) in [6.45, 7) is 4.59. The van der Waals surface area contributed by atoms with Crippen LogP contribution in [-0.4, -0.2) is 52.1 Å². The van der Waals surface area contributed by atoms with Gasteiger partial charge in [-0.05, 0) is 36.4 Å². The number of amides is 1. The second-order valence-corrected chi connectivity index (χ2v) is 9.19. The summed E-state index contributed by atoms with van der Waals surface area (Å²) in [4.78, 5) is 14.1. The van der Waals surface area contributed by atoms with Crippen LogP contribution >= 0.6 is 11.6 Å². The number of sulfonamides is 1. The predicted octanol–water partition coefficient (Wildman–Crippen LogP) is 4.21. The molecular formula is C21H20ClF3N2O4S. The molecule has 0 aliphatic carbocycles. The van der Waals surface area contributed by atoms with E-state index in [1.54, 1.807) is 0 Å². The Bertz CT molecular complexity index is 1120. The summed E-state index contributed by atoms with van der Waals surface area (Å²) < 4.78 is 72.2. The Kier molecular flexibility index (Phi) is 7.16. The fourth-order valence-electron chi connectivity index (χ4n) is 3.19. The van der Waals surface area contributed by atoms with E-state index in [0.29, 0.717) is 26.3 Å². The number of carbonyl (C=O) groups is 1. The van der Waals surface area contributed by atoms with E-state index >= 15 is 0 Å². The van der Waals surface area contributed by atoms with E-state index in [1.807, 2.05) is 0 Å². The second-order valence-electron chi connectivity index (χ2n) is 6.92. The zero-order chi connectivity index (χ0) is 23.5. The van der Waals surface area contributed by atoms with Gasteiger partial charge in [0.1, 0.15) is 0 Å². The van der Waals surface area contributed by atoms with Gasteiger partial charge in [-0.3, -0.25) is 9.10 Å². The van der Waals surface area contributed by atoms with E-state index in [-0.39, 0.29) is 27.7 Å². The molecule has 1 fully saturated rings. The molecule has 0 N–H and O–H groups in total. The molecule has 1 saturated heterocycles. The zero-order valence-electron chi connectivity index (χ0n) is 16.8. The van der Waals surface area contributed by atoms with Gasteiger partial charge in [0.25, 0.3) is 15.9 Å². The Morgan fingerprint density at radius 3 is 2.50 bits per heavy atom. The van der Waals surface area contributed by atoms with Crippen LogP contribution in [0.2, 0.25) is 5.02 Å². The monoisotopic (exact) mass is 488 g/mol. The molecule has 0 atom stereocenters. The van der Waals surface area contributed by atoms with Gasteiger partial charge in [0.2, 0.25) is 0 Å². The number of nitrogens with zero attached hydrogens (tertiary/aromatic N) is 2. The number of alkyl halides is 3. The first-order valence-corrected chi connectivity index (χ1v) is 11.3. The minimum absolute atomic E-state index is 0.0164. The lowest BCUT2D eigenvalue weighted by Crippen LogP contribution is -2.41. The van der Waals surface area contributed by atoms with Gasteiger partial charge < -0.3 is 9.64 Å². The number of hydrogen-bond acceptors (Lipinski definition) is 4. The van der Waals surface area contributed by atoms with Crippen molar-refractivity contribution in [1.29, 1.82) is 0 Å². The van der Waals surface area contributed by atoms with E-state index in [1.165, 1.54) is 29.2 Å². The third-order valence-electron chi connectivity index (χ3n) is 4.81. The topological polar surface area (TPSA) is 66.9 Å². The second kappa shape index (κ2) is 9.51. The minimum atomic E-state index is -4.64. The van der Waals surface area contributed by atoms with Crippen molar-refractivity contribution in [1.82, 2.24) is 4.90 Å². The highest BCUT2D eigenvalue weighted by atomic mass is 35.5. The summed E-state index contributed by atoms with van der Waals surface area (Å²) in [7, 11) is -4.34. The van der Waals surface area contributed by atoms with Crippen molar-refractivity contribution in [3.8, 4) is 0 Å². The van der Waals surface area contributed by atoms with Crippen molar-refractivity contribution in [3.63, 3.8) is 0 Å². The minimum Gasteiger partial charge on any atom is -0.378 e. The lowest BCUT2D eigenvalue weighted by Gasteiger charge is -2.28. The first-order chi connectivity index (χ1) is 15.1. The van der Waals surface area contributed by atoms with Gasteiger partial charge in [-0.2, -0.15) is 13.2 Å². The van der Waals surface area contributed by atoms with E-state index < -0.39 is 27.7 Å². The maximum Gasteiger partial charge on any atom is 0.416 e. The molecular weight excluding hydrogens is 469 g/mol. The normalized spacial score (nSPS) is 14.8. The summed E-state index contributed by atoms with van der Waals surface area (Å²) in [6.07, 6.45) is -3.38. The average Bonchev–Trinajstić information content (AvgIpc) is 2.77. The standard InChI is InChI=1S/C21H20ClF3N2O4S/c1-2-8-27(16-5-3-4-15(13-16)21(23,24)25)32(29,30)17-6-7-19(22)18(14-17)20(28)26-9-11-31-12-10-26/h2-7,13-14H,1,8-12H2. The summed E-state index contributed by atoms with van der Waals surface area (Å²) in [6, 6.07) is 7.60. The molecule has 0 saturated carbocycles. The number of hydrogen-bond donors (Lipinski definition) is 0. The first-order valence-electron chi connectivity index (χ1n) is 9.53. The third-order valence-corrected chi connectivity index (χ3v) is 6.93. The fraction of sp³-hybridized carbons (Fsp3) is 0.286. The van der Waals surface area contributed by atoms with Crippen LogP contribution in [0.1, 0.15) is 15.9 Å². The molecule has 3 rings (SSSR count).